The van der Waals surface area contributed by atoms with E-state index in [1.165, 1.54) is 29.8 Å². The molecule has 2 aromatic rings. The van der Waals surface area contributed by atoms with E-state index in [0.29, 0.717) is 13.0 Å². The van der Waals surface area contributed by atoms with E-state index in [1.54, 1.807) is 18.2 Å². The normalized spacial score (nSPS) is 15.9. The quantitative estimate of drug-likeness (QED) is 0.559. The topological polar surface area (TPSA) is 88.2 Å². The summed E-state index contributed by atoms with van der Waals surface area (Å²) in [7, 11) is -3.82. The Kier molecular flexibility index (Phi) is 7.65. The molecule has 0 fully saturated rings. The van der Waals surface area contributed by atoms with Gasteiger partial charge in [-0.15, -0.1) is 11.3 Å². The Morgan fingerprint density at radius 1 is 1.27 bits per heavy atom. The van der Waals surface area contributed by atoms with Crippen molar-refractivity contribution in [2.75, 3.05) is 6.54 Å². The van der Waals surface area contributed by atoms with Crippen LogP contribution in [0, 0.1) is 12.8 Å². The lowest BCUT2D eigenvalue weighted by Gasteiger charge is -2.21. The zero-order valence-corrected chi connectivity index (χ0v) is 19.5. The van der Waals surface area contributed by atoms with Crippen LogP contribution in [0.15, 0.2) is 34.7 Å². The summed E-state index contributed by atoms with van der Waals surface area (Å²) < 4.78 is 29.4. The van der Waals surface area contributed by atoms with Crippen molar-refractivity contribution >= 4 is 37.5 Å². The molecule has 1 atom stereocenters. The van der Waals surface area contributed by atoms with Crippen LogP contribution < -0.4 is 10.0 Å². The van der Waals surface area contributed by atoms with Crippen LogP contribution in [0.4, 0.5) is 0 Å². The van der Waals surface area contributed by atoms with Gasteiger partial charge >= 0.3 is 0 Å². The number of aromatic nitrogens is 1. The maximum atomic E-state index is 13.0. The third-order valence-electron chi connectivity index (χ3n) is 5.23. The van der Waals surface area contributed by atoms with E-state index in [-0.39, 0.29) is 16.7 Å². The number of nitrogens with zero attached hydrogens (tertiary/aromatic N) is 1. The Morgan fingerprint density at radius 2 is 2.07 bits per heavy atom. The number of aryl methyl sites for hydroxylation is 1. The summed E-state index contributed by atoms with van der Waals surface area (Å²) in [5.74, 6) is -0.0884. The predicted molar refractivity (Wildman–Crippen MR) is 122 cm³/mol. The number of rotatable bonds is 9. The average molecular weight is 450 g/mol. The monoisotopic (exact) mass is 449 g/mol. The molecule has 1 aliphatic rings. The Hall–Kier alpha value is -1.77. The molecule has 164 valence electrons. The molecule has 0 radical (unpaired) electrons. The van der Waals surface area contributed by atoms with Gasteiger partial charge in [0.2, 0.25) is 15.9 Å². The summed E-state index contributed by atoms with van der Waals surface area (Å²) in [6.07, 6.45) is 8.19. The fourth-order valence-corrected chi connectivity index (χ4v) is 5.90. The van der Waals surface area contributed by atoms with Gasteiger partial charge in [-0.2, -0.15) is 4.72 Å². The maximum absolute atomic E-state index is 13.0. The van der Waals surface area contributed by atoms with Crippen LogP contribution in [0.1, 0.15) is 57.4 Å². The molecule has 1 aromatic heterocycles. The van der Waals surface area contributed by atoms with Crippen LogP contribution in [0.5, 0.6) is 0 Å². The number of carbonyl (C=O) groups excluding carboxylic acids is 1. The number of benzene rings is 1. The molecule has 0 spiro atoms. The molecule has 8 heteroatoms. The highest BCUT2D eigenvalue weighted by Crippen LogP contribution is 2.25. The maximum Gasteiger partial charge on any atom is 0.241 e. The molecule has 30 heavy (non-hydrogen) atoms. The van der Waals surface area contributed by atoms with Gasteiger partial charge in [0.05, 0.1) is 20.1 Å². The lowest BCUT2D eigenvalue weighted by atomic mass is 9.97. The number of nitrogens with one attached hydrogen (secondary N) is 2. The van der Waals surface area contributed by atoms with E-state index in [2.05, 4.69) is 21.1 Å². The molecule has 1 amide bonds. The fourth-order valence-electron chi connectivity index (χ4n) is 3.72. The number of hydrogen-bond acceptors (Lipinski definition) is 5. The van der Waals surface area contributed by atoms with Crippen molar-refractivity contribution in [2.24, 2.45) is 5.92 Å². The van der Waals surface area contributed by atoms with Gasteiger partial charge in [-0.3, -0.25) is 4.79 Å². The summed E-state index contributed by atoms with van der Waals surface area (Å²) in [5, 5.41) is 3.81. The van der Waals surface area contributed by atoms with Crippen LogP contribution in [0.25, 0.3) is 10.2 Å². The zero-order valence-electron chi connectivity index (χ0n) is 17.9. The van der Waals surface area contributed by atoms with E-state index in [1.807, 2.05) is 20.8 Å². The molecular formula is C22H31N3O3S2. The molecule has 1 aromatic carbocycles. The first-order valence-corrected chi connectivity index (χ1v) is 12.9. The van der Waals surface area contributed by atoms with Crippen molar-refractivity contribution in [3.05, 3.63) is 34.9 Å². The number of carbonyl (C=O) groups is 1. The Bertz CT molecular complexity index is 1030. The number of hydrogen-bond donors (Lipinski definition) is 2. The molecule has 0 saturated heterocycles. The highest BCUT2D eigenvalue weighted by molar-refractivity contribution is 7.89. The van der Waals surface area contributed by atoms with Crippen molar-refractivity contribution in [3.8, 4) is 0 Å². The number of fused-ring (bicyclic) bond motifs is 1. The van der Waals surface area contributed by atoms with Gasteiger partial charge in [0.15, 0.2) is 0 Å². The van der Waals surface area contributed by atoms with Crippen molar-refractivity contribution in [2.45, 2.75) is 70.2 Å². The van der Waals surface area contributed by atoms with Gasteiger partial charge in [0.25, 0.3) is 0 Å². The molecule has 1 aliphatic carbocycles. The molecule has 1 unspecified atom stereocenters. The first-order valence-electron chi connectivity index (χ1n) is 10.6. The van der Waals surface area contributed by atoms with Crippen molar-refractivity contribution in [3.63, 3.8) is 0 Å². The van der Waals surface area contributed by atoms with Crippen LogP contribution >= 0.6 is 11.3 Å². The second-order valence-electron chi connectivity index (χ2n) is 8.32. The van der Waals surface area contributed by atoms with Gasteiger partial charge in [0, 0.05) is 6.54 Å². The largest absolute Gasteiger partial charge is 0.354 e. The number of thiazole rings is 1. The van der Waals surface area contributed by atoms with E-state index >= 15 is 0 Å². The smallest absolute Gasteiger partial charge is 0.241 e. The summed E-state index contributed by atoms with van der Waals surface area (Å²) in [6, 6.07) is 4.09. The predicted octanol–water partition coefficient (Wildman–Crippen LogP) is 4.30. The van der Waals surface area contributed by atoms with Gasteiger partial charge in [-0.25, -0.2) is 13.4 Å². The minimum Gasteiger partial charge on any atom is -0.354 e. The Balaban J connectivity index is 1.68. The summed E-state index contributed by atoms with van der Waals surface area (Å²) in [4.78, 5) is 17.3. The van der Waals surface area contributed by atoms with E-state index in [0.717, 1.165) is 34.5 Å². The van der Waals surface area contributed by atoms with Crippen molar-refractivity contribution in [1.82, 2.24) is 15.0 Å². The highest BCUT2D eigenvalue weighted by Gasteiger charge is 2.26. The van der Waals surface area contributed by atoms with Crippen LogP contribution in [-0.4, -0.2) is 31.9 Å². The number of sulfonamides is 1. The molecule has 6 nitrogen and oxygen atoms in total. The van der Waals surface area contributed by atoms with Gasteiger partial charge in [-0.1, -0.05) is 25.5 Å². The van der Waals surface area contributed by atoms with Gasteiger partial charge < -0.3 is 5.32 Å². The van der Waals surface area contributed by atoms with E-state index in [9.17, 15) is 13.2 Å². The number of allylic oxidation sites excluding steroid dienone is 1. The summed E-state index contributed by atoms with van der Waals surface area (Å²) in [6.45, 7) is 6.39. The molecular weight excluding hydrogens is 418 g/mol. The number of amides is 1. The van der Waals surface area contributed by atoms with Gasteiger partial charge in [-0.05, 0) is 69.6 Å². The Labute approximate surface area is 183 Å². The van der Waals surface area contributed by atoms with Crippen molar-refractivity contribution < 1.29 is 13.2 Å². The highest BCUT2D eigenvalue weighted by atomic mass is 32.2. The Morgan fingerprint density at radius 3 is 2.77 bits per heavy atom. The summed E-state index contributed by atoms with van der Waals surface area (Å²) >= 11 is 1.45. The van der Waals surface area contributed by atoms with E-state index in [4.69, 9.17) is 0 Å². The SMILES string of the molecule is Cc1nc2ccc(S(=O)(=O)NC(CC(C)C)C(=O)NCCC3=CCCCC3)cc2s1. The van der Waals surface area contributed by atoms with E-state index < -0.39 is 16.1 Å². The first kappa shape index (κ1) is 22.9. The fraction of sp³-hybridized carbons (Fsp3) is 0.545. The van der Waals surface area contributed by atoms with Crippen molar-refractivity contribution in [1.29, 1.82) is 0 Å². The minimum absolute atomic E-state index is 0.160. The first-order chi connectivity index (χ1) is 14.2. The lowest BCUT2D eigenvalue weighted by molar-refractivity contribution is -0.123. The second-order valence-corrected chi connectivity index (χ2v) is 11.3. The zero-order chi connectivity index (χ0) is 21.7. The molecule has 2 N–H and O–H groups in total. The molecule has 3 rings (SSSR count). The average Bonchev–Trinajstić information content (AvgIpc) is 3.07. The minimum atomic E-state index is -3.82. The van der Waals surface area contributed by atoms with Crippen LogP contribution in [0.2, 0.25) is 0 Å². The van der Waals surface area contributed by atoms with Crippen LogP contribution in [0.3, 0.4) is 0 Å². The van der Waals surface area contributed by atoms with Gasteiger partial charge in [0.1, 0.15) is 6.04 Å². The summed E-state index contributed by atoms with van der Waals surface area (Å²) in [5.41, 5.74) is 2.17. The standard InChI is InChI=1S/C22H31N3O3S2/c1-15(2)13-20(22(26)23-12-11-17-7-5-4-6-8-17)25-30(27,28)18-9-10-19-21(14-18)29-16(3)24-19/h7,9-10,14-15,20,25H,4-6,8,11-13H2,1-3H3,(H,23,26). The molecule has 0 saturated carbocycles. The second kappa shape index (κ2) is 10.0. The molecule has 1 heterocycles. The third kappa shape index (κ3) is 6.12. The molecule has 0 bridgehead atoms. The lowest BCUT2D eigenvalue weighted by Crippen LogP contribution is -2.47. The third-order valence-corrected chi connectivity index (χ3v) is 7.63. The van der Waals surface area contributed by atoms with Crippen LogP contribution in [-0.2, 0) is 14.8 Å². The molecule has 0 aliphatic heterocycles.